The third-order valence-corrected chi connectivity index (χ3v) is 9.38. The summed E-state index contributed by atoms with van der Waals surface area (Å²) in [7, 11) is 0. The van der Waals surface area contributed by atoms with Crippen LogP contribution in [-0.4, -0.2) is 14.4 Å². The molecule has 0 unspecified atom stereocenters. The predicted molar refractivity (Wildman–Crippen MR) is 202 cm³/mol. The molecule has 1 radical (unpaired) electrons. The number of rotatable bonds is 4. The van der Waals surface area contributed by atoms with Gasteiger partial charge >= 0.3 is 0 Å². The van der Waals surface area contributed by atoms with Crippen LogP contribution < -0.4 is 0 Å². The monoisotopic (exact) mass is 824 g/mol. The number of aromatic nitrogens is 3. The van der Waals surface area contributed by atoms with E-state index in [1.165, 1.54) is 43.7 Å². The minimum Gasteiger partial charge on any atom is -0.455 e. The molecular weight excluding hydrogens is 791 g/mol. The quantitative estimate of drug-likeness (QED) is 0.166. The first-order valence-electron chi connectivity index (χ1n) is 16.8. The van der Waals surface area contributed by atoms with Gasteiger partial charge in [-0.1, -0.05) is 72.8 Å². The van der Waals surface area contributed by atoms with Crippen LogP contribution in [0.1, 0.15) is 25.0 Å². The topological polar surface area (TPSA) is 43.3 Å². The van der Waals surface area contributed by atoms with E-state index in [1.807, 2.05) is 54.7 Å². The molecule has 5 aromatic heterocycles. The van der Waals surface area contributed by atoms with Gasteiger partial charge in [0.1, 0.15) is 11.2 Å². The predicted octanol–water partition coefficient (Wildman–Crippen LogP) is 11.7. The van der Waals surface area contributed by atoms with Crippen LogP contribution in [0.5, 0.6) is 0 Å². The smallest absolute Gasteiger partial charge is 0.143 e. The first-order valence-corrected chi connectivity index (χ1v) is 16.8. The van der Waals surface area contributed by atoms with Crippen molar-refractivity contribution >= 4 is 60.0 Å². The first kappa shape index (κ1) is 31.9. The molecule has 5 aromatic carbocycles. The third kappa shape index (κ3) is 5.35. The Labute approximate surface area is 304 Å². The number of para-hydroxylation sites is 1. The van der Waals surface area contributed by atoms with Gasteiger partial charge in [-0.15, -0.1) is 59.7 Å². The fraction of sp³-hybridized carbons (Fsp3) is 0.111. The van der Waals surface area contributed by atoms with E-state index in [4.69, 9.17) is 9.40 Å². The molecule has 50 heavy (non-hydrogen) atoms. The van der Waals surface area contributed by atoms with Crippen molar-refractivity contribution < 1.29 is 24.5 Å². The van der Waals surface area contributed by atoms with Gasteiger partial charge in [0.2, 0.25) is 0 Å². The summed E-state index contributed by atoms with van der Waals surface area (Å²) < 4.78 is 8.95. The van der Waals surface area contributed by atoms with Gasteiger partial charge in [-0.2, -0.15) is 0 Å². The van der Waals surface area contributed by atoms with Crippen molar-refractivity contribution in [3.63, 3.8) is 0 Å². The molecule has 0 fully saturated rings. The molecule has 10 aromatic rings. The summed E-state index contributed by atoms with van der Waals surface area (Å²) in [6, 6.07) is 46.5. The molecular formula is C45H33IrN3O-2. The summed E-state index contributed by atoms with van der Waals surface area (Å²) >= 11 is 0. The van der Waals surface area contributed by atoms with E-state index in [9.17, 15) is 0 Å². The van der Waals surface area contributed by atoms with E-state index < -0.39 is 0 Å². The number of benzene rings is 5. The van der Waals surface area contributed by atoms with Crippen LogP contribution in [0.25, 0.3) is 82.5 Å². The maximum atomic E-state index is 6.56. The van der Waals surface area contributed by atoms with Crippen molar-refractivity contribution in [3.8, 4) is 22.5 Å². The maximum absolute atomic E-state index is 6.56. The Morgan fingerprint density at radius 3 is 2.34 bits per heavy atom. The molecule has 0 saturated carbocycles. The van der Waals surface area contributed by atoms with Gasteiger partial charge < -0.3 is 18.8 Å². The van der Waals surface area contributed by atoms with Crippen LogP contribution in [0, 0.1) is 25.0 Å². The Hall–Kier alpha value is -5.35. The average molecular weight is 824 g/mol. The molecule has 0 atom stereocenters. The Morgan fingerprint density at radius 2 is 1.52 bits per heavy atom. The molecule has 4 nitrogen and oxygen atoms in total. The fourth-order valence-electron chi connectivity index (χ4n) is 7.28. The number of furan rings is 1. The summed E-state index contributed by atoms with van der Waals surface area (Å²) in [5.41, 5.74) is 12.0. The normalized spacial score (nSPS) is 11.6. The maximum Gasteiger partial charge on any atom is 0.143 e. The molecule has 0 amide bonds. The average Bonchev–Trinajstić information content (AvgIpc) is 3.78. The molecule has 0 N–H and O–H groups in total. The van der Waals surface area contributed by atoms with E-state index >= 15 is 0 Å². The number of hydrogen-bond donors (Lipinski definition) is 0. The van der Waals surface area contributed by atoms with Crippen molar-refractivity contribution in [2.75, 3.05) is 0 Å². The van der Waals surface area contributed by atoms with E-state index in [1.54, 1.807) is 6.20 Å². The van der Waals surface area contributed by atoms with Crippen molar-refractivity contribution in [1.82, 2.24) is 14.4 Å². The summed E-state index contributed by atoms with van der Waals surface area (Å²) in [6.45, 7) is 6.66. The van der Waals surface area contributed by atoms with Crippen molar-refractivity contribution in [2.24, 2.45) is 5.92 Å². The van der Waals surface area contributed by atoms with E-state index in [2.05, 4.69) is 109 Å². The SMILES string of the molecule is Cc1ccc2c(c1)c1cc3c4ccccc4oc3c3c4cc(-c5cc(CC(C)C)ccn5)[c-]cc4n2c13.[Ir].[c-]1ccccc1-c1ccccn1. The van der Waals surface area contributed by atoms with Crippen molar-refractivity contribution in [3.05, 3.63) is 151 Å². The van der Waals surface area contributed by atoms with Gasteiger partial charge in [0.15, 0.2) is 0 Å². The third-order valence-electron chi connectivity index (χ3n) is 9.38. The summed E-state index contributed by atoms with van der Waals surface area (Å²) in [6.07, 6.45) is 4.75. The Kier molecular flexibility index (Phi) is 8.19. The zero-order chi connectivity index (χ0) is 33.1. The minimum atomic E-state index is 0. The second-order valence-corrected chi connectivity index (χ2v) is 13.3. The van der Waals surface area contributed by atoms with Crippen LogP contribution >= 0.6 is 0 Å². The molecule has 0 saturated heterocycles. The molecule has 0 spiro atoms. The zero-order valence-electron chi connectivity index (χ0n) is 28.0. The summed E-state index contributed by atoms with van der Waals surface area (Å²) in [4.78, 5) is 8.94. The fourth-order valence-corrected chi connectivity index (χ4v) is 7.28. The van der Waals surface area contributed by atoms with Crippen LogP contribution in [0.4, 0.5) is 0 Å². The van der Waals surface area contributed by atoms with Crippen molar-refractivity contribution in [1.29, 1.82) is 0 Å². The van der Waals surface area contributed by atoms with Gasteiger partial charge in [-0.3, -0.25) is 0 Å². The van der Waals surface area contributed by atoms with E-state index in [0.29, 0.717) is 5.92 Å². The molecule has 5 heterocycles. The zero-order valence-corrected chi connectivity index (χ0v) is 30.4. The van der Waals surface area contributed by atoms with Crippen LogP contribution in [-0.2, 0) is 26.5 Å². The molecule has 245 valence electrons. The molecule has 0 aliphatic heterocycles. The van der Waals surface area contributed by atoms with Crippen LogP contribution in [0.15, 0.2) is 132 Å². The van der Waals surface area contributed by atoms with E-state index in [0.717, 1.165) is 56.4 Å². The molecule has 10 rings (SSSR count). The Bertz CT molecular complexity index is 2740. The van der Waals surface area contributed by atoms with E-state index in [-0.39, 0.29) is 20.1 Å². The number of aryl methyl sites for hydroxylation is 1. The first-order chi connectivity index (χ1) is 24.0. The number of nitrogens with zero attached hydrogens (tertiary/aromatic N) is 3. The standard InChI is InChI=1S/C34H25N2O.C11H8N.Ir/c1-19(2)14-21-12-13-35-28(16-21)22-9-11-30-27(17-22)32-33-25(24-15-20(3)8-10-29(24)36(30)33)18-26-23-6-4-5-7-31(23)37-34(26)32;1-2-6-10(7-3-1)11-8-4-5-9-12-11;/h4-8,10-13,15-19H,14H2,1-3H3;1-6,8-9H;/q2*-1;. The number of pyridine rings is 2. The molecule has 0 bridgehead atoms. The molecule has 5 heteroatoms. The van der Waals surface area contributed by atoms with Gasteiger partial charge in [0, 0.05) is 64.9 Å². The number of hydrogen-bond acceptors (Lipinski definition) is 3. The minimum absolute atomic E-state index is 0. The Balaban J connectivity index is 0.000000236. The largest absolute Gasteiger partial charge is 0.455 e. The van der Waals surface area contributed by atoms with Crippen LogP contribution in [0.2, 0.25) is 0 Å². The van der Waals surface area contributed by atoms with Gasteiger partial charge in [-0.05, 0) is 72.6 Å². The number of fused-ring (bicyclic) bond motifs is 10. The van der Waals surface area contributed by atoms with Gasteiger partial charge in [0.05, 0.1) is 5.52 Å². The second-order valence-electron chi connectivity index (χ2n) is 13.3. The molecule has 0 aliphatic carbocycles. The van der Waals surface area contributed by atoms with Gasteiger partial charge in [-0.25, -0.2) is 0 Å². The Morgan fingerprint density at radius 1 is 0.680 bits per heavy atom. The summed E-state index contributed by atoms with van der Waals surface area (Å²) in [5.74, 6) is 0.598. The molecule has 0 aliphatic rings. The van der Waals surface area contributed by atoms with Crippen LogP contribution in [0.3, 0.4) is 0 Å². The summed E-state index contributed by atoms with van der Waals surface area (Å²) in [5, 5.41) is 7.21. The van der Waals surface area contributed by atoms with Crippen molar-refractivity contribution in [2.45, 2.75) is 27.2 Å². The van der Waals surface area contributed by atoms with Gasteiger partial charge in [0.25, 0.3) is 0 Å². The second kappa shape index (κ2) is 12.8.